The first-order chi connectivity index (χ1) is 4.27. The average molecular weight is 131 g/mol. The number of hydrogen-bond donors (Lipinski definition) is 2. The summed E-state index contributed by atoms with van der Waals surface area (Å²) in [6, 6.07) is -0.527. The van der Waals surface area contributed by atoms with Crippen LogP contribution in [0.25, 0.3) is 0 Å². The van der Waals surface area contributed by atoms with E-state index in [-0.39, 0.29) is 6.61 Å². The van der Waals surface area contributed by atoms with Crippen molar-refractivity contribution in [3.05, 3.63) is 0 Å². The Bertz CT molecular complexity index is 85.0. The molecule has 0 aromatic heterocycles. The summed E-state index contributed by atoms with van der Waals surface area (Å²) in [4.78, 5) is 10.00. The zero-order chi connectivity index (χ0) is 7.11. The lowest BCUT2D eigenvalue weighted by molar-refractivity contribution is 0.186. The normalized spacial score (nSPS) is 9.00. The van der Waals surface area contributed by atoms with E-state index >= 15 is 0 Å². The number of hydrogen-bond acceptors (Lipinski definition) is 1. The molecule has 1 radical (unpaired) electrons. The fourth-order valence-electron chi connectivity index (χ4n) is 0.439. The van der Waals surface area contributed by atoms with Gasteiger partial charge < -0.3 is 11.1 Å². The average Bonchev–Trinajstić information content (AvgIpc) is 1.80. The van der Waals surface area contributed by atoms with E-state index in [0.717, 1.165) is 0 Å². The van der Waals surface area contributed by atoms with Crippen molar-refractivity contribution in [2.24, 2.45) is 5.73 Å². The van der Waals surface area contributed by atoms with Crippen molar-refractivity contribution in [3.63, 3.8) is 0 Å². The second-order valence-corrected chi connectivity index (χ2v) is 1.70. The first-order valence-corrected chi connectivity index (χ1v) is 2.89. The molecule has 0 spiro atoms. The SMILES string of the molecule is NC(=O)NCCCC[O]. The van der Waals surface area contributed by atoms with Crippen LogP contribution in [-0.4, -0.2) is 19.2 Å². The van der Waals surface area contributed by atoms with Gasteiger partial charge in [0.25, 0.3) is 0 Å². The maximum atomic E-state index is 10.00. The number of unbranched alkanes of at least 4 members (excludes halogenated alkanes) is 1. The Labute approximate surface area is 54.0 Å². The lowest BCUT2D eigenvalue weighted by Gasteiger charge is -1.97. The fourth-order valence-corrected chi connectivity index (χ4v) is 0.439. The van der Waals surface area contributed by atoms with Crippen LogP contribution in [0, 0.1) is 0 Å². The number of primary amides is 1. The van der Waals surface area contributed by atoms with Crippen molar-refractivity contribution in [2.75, 3.05) is 13.2 Å². The molecule has 4 heteroatoms. The molecule has 0 saturated carbocycles. The minimum absolute atomic E-state index is 0.0829. The summed E-state index contributed by atoms with van der Waals surface area (Å²) in [6.45, 7) is 0.429. The predicted octanol–water partition coefficient (Wildman–Crippen LogP) is -0.135. The maximum Gasteiger partial charge on any atom is 0.312 e. The largest absolute Gasteiger partial charge is 0.352 e. The van der Waals surface area contributed by atoms with Gasteiger partial charge in [0, 0.05) is 6.54 Å². The van der Waals surface area contributed by atoms with Crippen LogP contribution in [0.3, 0.4) is 0 Å². The third-order valence-corrected chi connectivity index (χ3v) is 0.870. The molecule has 0 aromatic rings. The van der Waals surface area contributed by atoms with Gasteiger partial charge in [0.15, 0.2) is 0 Å². The van der Waals surface area contributed by atoms with E-state index in [0.29, 0.717) is 19.4 Å². The molecule has 0 heterocycles. The van der Waals surface area contributed by atoms with Crippen LogP contribution in [0.5, 0.6) is 0 Å². The number of nitrogens with two attached hydrogens (primary N) is 1. The summed E-state index contributed by atoms with van der Waals surface area (Å²) in [6.07, 6.45) is 1.31. The highest BCUT2D eigenvalue weighted by Gasteiger charge is 1.89. The van der Waals surface area contributed by atoms with Gasteiger partial charge in [0.2, 0.25) is 0 Å². The van der Waals surface area contributed by atoms with Crippen LogP contribution < -0.4 is 11.1 Å². The molecule has 0 unspecified atom stereocenters. The van der Waals surface area contributed by atoms with Crippen LogP contribution in [0.4, 0.5) is 4.79 Å². The van der Waals surface area contributed by atoms with E-state index < -0.39 is 6.03 Å². The molecular formula is C5H11N2O2. The minimum Gasteiger partial charge on any atom is -0.352 e. The summed E-state index contributed by atoms with van der Waals surface area (Å²) in [5, 5.41) is 12.2. The lowest BCUT2D eigenvalue weighted by Crippen LogP contribution is -2.30. The number of carbonyl (C=O) groups is 1. The second kappa shape index (κ2) is 5.37. The number of carbonyl (C=O) groups excluding carboxylic acids is 1. The van der Waals surface area contributed by atoms with Gasteiger partial charge in [-0.25, -0.2) is 9.90 Å². The van der Waals surface area contributed by atoms with E-state index in [2.05, 4.69) is 5.32 Å². The maximum absolute atomic E-state index is 10.00. The highest BCUT2D eigenvalue weighted by Crippen LogP contribution is 1.82. The van der Waals surface area contributed by atoms with E-state index in [1.165, 1.54) is 0 Å². The molecule has 2 amide bonds. The Kier molecular flexibility index (Phi) is 4.91. The van der Waals surface area contributed by atoms with Crippen molar-refractivity contribution in [2.45, 2.75) is 12.8 Å². The third-order valence-electron chi connectivity index (χ3n) is 0.870. The predicted molar refractivity (Wildman–Crippen MR) is 32.4 cm³/mol. The van der Waals surface area contributed by atoms with Gasteiger partial charge in [0.1, 0.15) is 0 Å². The monoisotopic (exact) mass is 131 g/mol. The zero-order valence-electron chi connectivity index (χ0n) is 5.22. The fraction of sp³-hybridized carbons (Fsp3) is 0.800. The van der Waals surface area contributed by atoms with Crippen LogP contribution >= 0.6 is 0 Å². The van der Waals surface area contributed by atoms with Gasteiger partial charge in [-0.2, -0.15) is 0 Å². The molecule has 9 heavy (non-hydrogen) atoms. The molecule has 0 aliphatic heterocycles. The van der Waals surface area contributed by atoms with E-state index in [1.807, 2.05) is 0 Å². The molecule has 0 aliphatic rings. The molecule has 0 saturated heterocycles. The quantitative estimate of drug-likeness (QED) is 0.512. The molecule has 0 bridgehead atoms. The first kappa shape index (κ1) is 8.23. The van der Waals surface area contributed by atoms with Crippen LogP contribution in [0.1, 0.15) is 12.8 Å². The van der Waals surface area contributed by atoms with Crippen molar-refractivity contribution >= 4 is 6.03 Å². The molecule has 0 aliphatic carbocycles. The molecule has 53 valence electrons. The second-order valence-electron chi connectivity index (χ2n) is 1.70. The lowest BCUT2D eigenvalue weighted by atomic mass is 10.3. The number of nitrogens with one attached hydrogen (secondary N) is 1. The summed E-state index contributed by atoms with van der Waals surface area (Å²) < 4.78 is 0. The summed E-state index contributed by atoms with van der Waals surface area (Å²) in [7, 11) is 0. The summed E-state index contributed by atoms with van der Waals surface area (Å²) >= 11 is 0. The Hall–Kier alpha value is -0.770. The first-order valence-electron chi connectivity index (χ1n) is 2.89. The number of rotatable bonds is 4. The van der Waals surface area contributed by atoms with Gasteiger partial charge in [-0.1, -0.05) is 0 Å². The molecule has 0 rings (SSSR count). The van der Waals surface area contributed by atoms with E-state index in [4.69, 9.17) is 5.73 Å². The Morgan fingerprint density at radius 2 is 2.11 bits per heavy atom. The van der Waals surface area contributed by atoms with Crippen molar-refractivity contribution in [1.82, 2.24) is 5.32 Å². The van der Waals surface area contributed by atoms with Crippen LogP contribution in [-0.2, 0) is 5.11 Å². The van der Waals surface area contributed by atoms with E-state index in [1.54, 1.807) is 0 Å². The Balaban J connectivity index is 2.83. The molecule has 4 nitrogen and oxygen atoms in total. The van der Waals surface area contributed by atoms with Crippen LogP contribution in [0.15, 0.2) is 0 Å². The van der Waals surface area contributed by atoms with Gasteiger partial charge >= 0.3 is 6.03 Å². The standard InChI is InChI=1S/C5H11N2O2/c6-5(9)7-3-1-2-4-8/h1-4H2,(H3,6,7,9). The van der Waals surface area contributed by atoms with Gasteiger partial charge in [-0.05, 0) is 12.8 Å². The summed E-state index contributed by atoms with van der Waals surface area (Å²) in [5.74, 6) is 0. The Morgan fingerprint density at radius 1 is 1.44 bits per heavy atom. The van der Waals surface area contributed by atoms with Gasteiger partial charge in [-0.15, -0.1) is 0 Å². The van der Waals surface area contributed by atoms with Crippen molar-refractivity contribution in [1.29, 1.82) is 0 Å². The zero-order valence-corrected chi connectivity index (χ0v) is 5.22. The molecule has 0 atom stereocenters. The highest BCUT2D eigenvalue weighted by atomic mass is 16.2. The van der Waals surface area contributed by atoms with E-state index in [9.17, 15) is 9.90 Å². The molecule has 0 fully saturated rings. The van der Waals surface area contributed by atoms with Gasteiger partial charge in [0.05, 0.1) is 6.61 Å². The Morgan fingerprint density at radius 3 is 2.56 bits per heavy atom. The number of urea groups is 1. The molecule has 3 N–H and O–H groups in total. The van der Waals surface area contributed by atoms with Gasteiger partial charge in [-0.3, -0.25) is 0 Å². The molecular weight excluding hydrogens is 120 g/mol. The highest BCUT2D eigenvalue weighted by molar-refractivity contribution is 5.71. The van der Waals surface area contributed by atoms with Crippen LogP contribution in [0.2, 0.25) is 0 Å². The topological polar surface area (TPSA) is 75.0 Å². The van der Waals surface area contributed by atoms with Crippen molar-refractivity contribution in [3.8, 4) is 0 Å². The third kappa shape index (κ3) is 7.23. The molecule has 0 aromatic carbocycles. The number of amides is 2. The smallest absolute Gasteiger partial charge is 0.312 e. The summed E-state index contributed by atoms with van der Waals surface area (Å²) in [5.41, 5.74) is 4.75. The minimum atomic E-state index is -0.527. The van der Waals surface area contributed by atoms with Crippen molar-refractivity contribution < 1.29 is 9.90 Å².